The molecule has 2 rings (SSSR count). The monoisotopic (exact) mass is 277 g/mol. The minimum Gasteiger partial charge on any atom is -0.497 e. The van der Waals surface area contributed by atoms with Crippen LogP contribution in [-0.4, -0.2) is 56.7 Å². The normalized spacial score (nSPS) is 19.2. The Kier molecular flexibility index (Phi) is 5.40. The van der Waals surface area contributed by atoms with Gasteiger partial charge in [-0.15, -0.1) is 0 Å². The van der Waals surface area contributed by atoms with E-state index in [1.807, 2.05) is 12.1 Å². The lowest BCUT2D eigenvalue weighted by Crippen LogP contribution is -2.44. The van der Waals surface area contributed by atoms with Gasteiger partial charge in [-0.2, -0.15) is 0 Å². The number of rotatable bonds is 5. The zero-order chi connectivity index (χ0) is 14.5. The van der Waals surface area contributed by atoms with Crippen LogP contribution in [0, 0.1) is 0 Å². The first-order valence-electron chi connectivity index (χ1n) is 7.38. The molecule has 1 aromatic carbocycles. The van der Waals surface area contributed by atoms with Crippen molar-refractivity contribution in [3.05, 3.63) is 29.8 Å². The fourth-order valence-corrected chi connectivity index (χ4v) is 2.85. The van der Waals surface area contributed by atoms with Crippen molar-refractivity contribution in [2.45, 2.75) is 24.9 Å². The van der Waals surface area contributed by atoms with Crippen LogP contribution in [0.3, 0.4) is 0 Å². The largest absolute Gasteiger partial charge is 0.497 e. The van der Waals surface area contributed by atoms with Gasteiger partial charge in [-0.1, -0.05) is 12.1 Å². The Bertz CT molecular complexity index is 399. The summed E-state index contributed by atoms with van der Waals surface area (Å²) in [6.07, 6.45) is 2.48. The number of hydrogen-bond acceptors (Lipinski definition) is 4. The Morgan fingerprint density at radius 2 is 1.90 bits per heavy atom. The van der Waals surface area contributed by atoms with Crippen LogP contribution in [0.1, 0.15) is 24.4 Å². The third-order valence-electron chi connectivity index (χ3n) is 4.34. The Labute approximate surface area is 122 Å². The summed E-state index contributed by atoms with van der Waals surface area (Å²) in [6, 6.07) is 8.80. The van der Waals surface area contributed by atoms with Crippen LogP contribution < -0.4 is 10.5 Å². The molecule has 0 saturated carbocycles. The molecule has 20 heavy (non-hydrogen) atoms. The standard InChI is InChI=1S/C16H27N3O/c1-18-10-8-14(9-11-18)19(2)12-16(17)13-4-6-15(20-3)7-5-13/h4-7,14,16H,8-12,17H2,1-3H3. The molecule has 4 heteroatoms. The highest BCUT2D eigenvalue weighted by Gasteiger charge is 2.22. The summed E-state index contributed by atoms with van der Waals surface area (Å²) in [7, 11) is 6.07. The Morgan fingerprint density at radius 1 is 1.30 bits per heavy atom. The molecule has 0 bridgehead atoms. The first kappa shape index (κ1) is 15.3. The number of hydrogen-bond donors (Lipinski definition) is 1. The van der Waals surface area contributed by atoms with Crippen molar-refractivity contribution in [1.82, 2.24) is 9.80 Å². The number of piperidine rings is 1. The summed E-state index contributed by atoms with van der Waals surface area (Å²) in [5.74, 6) is 0.879. The molecule has 1 aliphatic rings. The number of likely N-dealkylation sites (N-methyl/N-ethyl adjacent to an activating group) is 1. The highest BCUT2D eigenvalue weighted by molar-refractivity contribution is 5.29. The van der Waals surface area contributed by atoms with E-state index in [4.69, 9.17) is 10.5 Å². The predicted octanol–water partition coefficient (Wildman–Crippen LogP) is 1.72. The Morgan fingerprint density at radius 3 is 2.45 bits per heavy atom. The maximum atomic E-state index is 6.33. The molecule has 0 radical (unpaired) electrons. The number of benzene rings is 1. The van der Waals surface area contributed by atoms with Crippen molar-refractivity contribution in [3.8, 4) is 5.75 Å². The van der Waals surface area contributed by atoms with Gasteiger partial charge in [-0.25, -0.2) is 0 Å². The minimum atomic E-state index is 0.0607. The van der Waals surface area contributed by atoms with Gasteiger partial charge in [0.2, 0.25) is 0 Å². The van der Waals surface area contributed by atoms with E-state index in [1.165, 1.54) is 31.5 Å². The molecule has 0 aliphatic carbocycles. The number of likely N-dealkylation sites (tertiary alicyclic amines) is 1. The van der Waals surface area contributed by atoms with Crippen molar-refractivity contribution in [1.29, 1.82) is 0 Å². The second-order valence-corrected chi connectivity index (χ2v) is 5.85. The fraction of sp³-hybridized carbons (Fsp3) is 0.625. The zero-order valence-electron chi connectivity index (χ0n) is 12.9. The van der Waals surface area contributed by atoms with Gasteiger partial charge in [0.05, 0.1) is 7.11 Å². The smallest absolute Gasteiger partial charge is 0.118 e. The van der Waals surface area contributed by atoms with Crippen LogP contribution in [0.5, 0.6) is 5.75 Å². The minimum absolute atomic E-state index is 0.0607. The summed E-state index contributed by atoms with van der Waals surface area (Å²) in [5, 5.41) is 0. The molecule has 112 valence electrons. The van der Waals surface area contributed by atoms with Gasteiger partial charge < -0.3 is 20.3 Å². The molecule has 2 N–H and O–H groups in total. The highest BCUT2D eigenvalue weighted by atomic mass is 16.5. The van der Waals surface area contributed by atoms with Crippen LogP contribution in [0.2, 0.25) is 0 Å². The second-order valence-electron chi connectivity index (χ2n) is 5.85. The summed E-state index contributed by atoms with van der Waals surface area (Å²) in [6.45, 7) is 3.28. The lowest BCUT2D eigenvalue weighted by Gasteiger charge is -2.36. The summed E-state index contributed by atoms with van der Waals surface area (Å²) in [4.78, 5) is 4.82. The van der Waals surface area contributed by atoms with E-state index in [0.29, 0.717) is 6.04 Å². The number of nitrogens with two attached hydrogens (primary N) is 1. The van der Waals surface area contributed by atoms with Crippen molar-refractivity contribution < 1.29 is 4.74 Å². The Balaban J connectivity index is 1.87. The van der Waals surface area contributed by atoms with E-state index in [-0.39, 0.29) is 6.04 Å². The molecule has 1 aliphatic heterocycles. The lowest BCUT2D eigenvalue weighted by molar-refractivity contribution is 0.139. The fourth-order valence-electron chi connectivity index (χ4n) is 2.85. The van der Waals surface area contributed by atoms with E-state index in [1.54, 1.807) is 7.11 Å². The predicted molar refractivity (Wildman–Crippen MR) is 83.1 cm³/mol. The van der Waals surface area contributed by atoms with E-state index in [9.17, 15) is 0 Å². The molecule has 1 saturated heterocycles. The quantitative estimate of drug-likeness (QED) is 0.890. The van der Waals surface area contributed by atoms with Gasteiger partial charge in [0.25, 0.3) is 0 Å². The third-order valence-corrected chi connectivity index (χ3v) is 4.34. The first-order chi connectivity index (χ1) is 9.60. The molecule has 4 nitrogen and oxygen atoms in total. The van der Waals surface area contributed by atoms with Gasteiger partial charge in [0, 0.05) is 18.6 Å². The maximum absolute atomic E-state index is 6.33. The molecule has 1 fully saturated rings. The number of nitrogens with zero attached hydrogens (tertiary/aromatic N) is 2. The van der Waals surface area contributed by atoms with Crippen LogP contribution in [0.15, 0.2) is 24.3 Å². The SMILES string of the molecule is COc1ccc(C(N)CN(C)C2CCN(C)CC2)cc1. The zero-order valence-corrected chi connectivity index (χ0v) is 12.9. The Hall–Kier alpha value is -1.10. The average molecular weight is 277 g/mol. The lowest BCUT2D eigenvalue weighted by atomic mass is 10.0. The van der Waals surface area contributed by atoms with Gasteiger partial charge >= 0.3 is 0 Å². The van der Waals surface area contributed by atoms with E-state index in [0.717, 1.165) is 12.3 Å². The molecule has 0 aromatic heterocycles. The van der Waals surface area contributed by atoms with E-state index in [2.05, 4.69) is 36.0 Å². The number of ether oxygens (including phenoxy) is 1. The van der Waals surface area contributed by atoms with E-state index < -0.39 is 0 Å². The molecule has 0 spiro atoms. The highest BCUT2D eigenvalue weighted by Crippen LogP contribution is 2.19. The first-order valence-corrected chi connectivity index (χ1v) is 7.38. The van der Waals surface area contributed by atoms with Crippen LogP contribution in [-0.2, 0) is 0 Å². The molecule has 1 atom stereocenters. The molecule has 0 amide bonds. The molecule has 1 heterocycles. The maximum Gasteiger partial charge on any atom is 0.118 e. The van der Waals surface area contributed by atoms with E-state index >= 15 is 0 Å². The van der Waals surface area contributed by atoms with Crippen LogP contribution in [0.4, 0.5) is 0 Å². The topological polar surface area (TPSA) is 41.7 Å². The van der Waals surface area contributed by atoms with Crippen LogP contribution in [0.25, 0.3) is 0 Å². The van der Waals surface area contributed by atoms with Gasteiger partial charge in [-0.05, 0) is 57.7 Å². The van der Waals surface area contributed by atoms with Gasteiger partial charge in [-0.3, -0.25) is 0 Å². The molecule has 1 aromatic rings. The van der Waals surface area contributed by atoms with Crippen molar-refractivity contribution >= 4 is 0 Å². The molecule has 1 unspecified atom stereocenters. The summed E-state index contributed by atoms with van der Waals surface area (Å²) >= 11 is 0. The summed E-state index contributed by atoms with van der Waals surface area (Å²) < 4.78 is 5.18. The van der Waals surface area contributed by atoms with Gasteiger partial charge in [0.15, 0.2) is 0 Å². The van der Waals surface area contributed by atoms with Crippen molar-refractivity contribution in [2.75, 3.05) is 40.8 Å². The van der Waals surface area contributed by atoms with Crippen molar-refractivity contribution in [3.63, 3.8) is 0 Å². The van der Waals surface area contributed by atoms with Gasteiger partial charge in [0.1, 0.15) is 5.75 Å². The average Bonchev–Trinajstić information content (AvgIpc) is 2.48. The second kappa shape index (κ2) is 7.07. The number of methoxy groups -OCH3 is 1. The van der Waals surface area contributed by atoms with Crippen LogP contribution >= 0.6 is 0 Å². The van der Waals surface area contributed by atoms with Crippen molar-refractivity contribution in [2.24, 2.45) is 5.73 Å². The summed E-state index contributed by atoms with van der Waals surface area (Å²) in [5.41, 5.74) is 7.50. The third kappa shape index (κ3) is 3.95. The molecular formula is C16H27N3O. The molecular weight excluding hydrogens is 250 g/mol.